The molecule has 4 rings (SSSR count). The molecule has 0 spiro atoms. The average molecular weight is 415 g/mol. The van der Waals surface area contributed by atoms with Crippen molar-refractivity contribution in [1.29, 1.82) is 0 Å². The van der Waals surface area contributed by atoms with Crippen LogP contribution >= 0.6 is 11.8 Å². The lowest BCUT2D eigenvalue weighted by atomic mass is 10.2. The number of halogens is 1. The third kappa shape index (κ3) is 5.07. The fourth-order valence-electron chi connectivity index (χ4n) is 3.14. The summed E-state index contributed by atoms with van der Waals surface area (Å²) in [4.78, 5) is 2.21. The van der Waals surface area contributed by atoms with Gasteiger partial charge in [-0.25, -0.2) is 4.39 Å². The molecule has 2 heterocycles. The highest BCUT2D eigenvalue weighted by molar-refractivity contribution is 7.99. The number of hydrogen-bond donors (Lipinski definition) is 0. The molecule has 1 aliphatic heterocycles. The molecule has 1 fully saturated rings. The molecule has 29 heavy (non-hydrogen) atoms. The van der Waals surface area contributed by atoms with Crippen LogP contribution in [-0.4, -0.2) is 53.4 Å². The van der Waals surface area contributed by atoms with E-state index >= 15 is 0 Å². The van der Waals surface area contributed by atoms with Crippen LogP contribution in [0, 0.1) is 5.82 Å². The van der Waals surface area contributed by atoms with Crippen molar-refractivity contribution in [2.45, 2.75) is 11.7 Å². The Labute approximate surface area is 173 Å². The summed E-state index contributed by atoms with van der Waals surface area (Å²) in [5.41, 5.74) is 1.19. The lowest BCUT2D eigenvalue weighted by Crippen LogP contribution is -2.38. The standard InChI is InChI=1S/C21H23FN4O2S/c22-18-8-4-5-9-19(18)28-14-15-29-21-24-23-20(25-10-12-27-13-11-25)26(21)16-17-6-2-1-3-7-17/h1-9H,10-16H2. The molecular formula is C21H23FN4O2S. The minimum Gasteiger partial charge on any atom is -0.490 e. The molecule has 8 heteroatoms. The van der Waals surface area contributed by atoms with Crippen LogP contribution in [0.15, 0.2) is 59.8 Å². The number of benzene rings is 2. The third-order valence-corrected chi connectivity index (χ3v) is 5.51. The number of thioether (sulfide) groups is 1. The van der Waals surface area contributed by atoms with Gasteiger partial charge in [-0.05, 0) is 17.7 Å². The molecule has 6 nitrogen and oxygen atoms in total. The number of para-hydroxylation sites is 1. The first-order valence-electron chi connectivity index (χ1n) is 9.61. The van der Waals surface area contributed by atoms with Crippen molar-refractivity contribution >= 4 is 17.7 Å². The molecule has 0 bridgehead atoms. The third-order valence-electron chi connectivity index (χ3n) is 4.58. The van der Waals surface area contributed by atoms with Crippen molar-refractivity contribution in [3.05, 3.63) is 66.0 Å². The average Bonchev–Trinajstić information content (AvgIpc) is 3.16. The van der Waals surface area contributed by atoms with E-state index < -0.39 is 0 Å². The Balaban J connectivity index is 1.45. The van der Waals surface area contributed by atoms with Crippen LogP contribution in [0.1, 0.15) is 5.56 Å². The van der Waals surface area contributed by atoms with Gasteiger partial charge in [-0.3, -0.25) is 4.57 Å². The first-order chi connectivity index (χ1) is 14.3. The van der Waals surface area contributed by atoms with Gasteiger partial charge in [-0.15, -0.1) is 10.2 Å². The number of rotatable bonds is 8. The summed E-state index contributed by atoms with van der Waals surface area (Å²) in [6, 6.07) is 16.7. The minimum absolute atomic E-state index is 0.271. The molecule has 0 radical (unpaired) electrons. The number of hydrogen-bond acceptors (Lipinski definition) is 6. The van der Waals surface area contributed by atoms with Crippen molar-refractivity contribution in [2.24, 2.45) is 0 Å². The van der Waals surface area contributed by atoms with Crippen molar-refractivity contribution in [2.75, 3.05) is 43.6 Å². The lowest BCUT2D eigenvalue weighted by molar-refractivity contribution is 0.121. The summed E-state index contributed by atoms with van der Waals surface area (Å²) in [6.07, 6.45) is 0. The van der Waals surface area contributed by atoms with E-state index in [9.17, 15) is 4.39 Å². The van der Waals surface area contributed by atoms with Gasteiger partial charge in [0.15, 0.2) is 16.7 Å². The largest absolute Gasteiger partial charge is 0.490 e. The van der Waals surface area contributed by atoms with E-state index in [0.717, 1.165) is 24.2 Å². The van der Waals surface area contributed by atoms with Gasteiger partial charge in [-0.1, -0.05) is 54.2 Å². The molecule has 0 aliphatic carbocycles. The van der Waals surface area contributed by atoms with Gasteiger partial charge in [0.2, 0.25) is 5.95 Å². The van der Waals surface area contributed by atoms with Gasteiger partial charge in [0.05, 0.1) is 26.4 Å². The van der Waals surface area contributed by atoms with Gasteiger partial charge in [0.25, 0.3) is 0 Å². The zero-order valence-corrected chi connectivity index (χ0v) is 16.9. The van der Waals surface area contributed by atoms with Crippen LogP contribution in [0.3, 0.4) is 0 Å². The summed E-state index contributed by atoms with van der Waals surface area (Å²) >= 11 is 1.56. The van der Waals surface area contributed by atoms with Gasteiger partial charge in [0.1, 0.15) is 0 Å². The zero-order valence-electron chi connectivity index (χ0n) is 16.0. The molecule has 152 valence electrons. The highest BCUT2D eigenvalue weighted by atomic mass is 32.2. The molecule has 1 aromatic heterocycles. The first kappa shape index (κ1) is 19.7. The molecule has 0 amide bonds. The number of nitrogens with zero attached hydrogens (tertiary/aromatic N) is 4. The summed E-state index contributed by atoms with van der Waals surface area (Å²) in [6.45, 7) is 4.06. The van der Waals surface area contributed by atoms with E-state index in [4.69, 9.17) is 9.47 Å². The molecule has 2 aromatic carbocycles. The van der Waals surface area contributed by atoms with Crippen LogP contribution in [-0.2, 0) is 11.3 Å². The fraction of sp³-hybridized carbons (Fsp3) is 0.333. The number of anilines is 1. The van der Waals surface area contributed by atoms with Crippen LogP contribution in [0.5, 0.6) is 5.75 Å². The number of ether oxygens (including phenoxy) is 2. The Morgan fingerprint density at radius 1 is 1.00 bits per heavy atom. The van der Waals surface area contributed by atoms with Crippen LogP contribution in [0.2, 0.25) is 0 Å². The highest BCUT2D eigenvalue weighted by Crippen LogP contribution is 2.24. The van der Waals surface area contributed by atoms with Crippen LogP contribution < -0.4 is 9.64 Å². The second kappa shape index (κ2) is 9.76. The quantitative estimate of drug-likeness (QED) is 0.416. The zero-order chi connectivity index (χ0) is 19.9. The maximum Gasteiger partial charge on any atom is 0.228 e. The second-order valence-corrected chi connectivity index (χ2v) is 7.64. The lowest BCUT2D eigenvalue weighted by Gasteiger charge is -2.28. The molecule has 0 saturated carbocycles. The van der Waals surface area contributed by atoms with Crippen LogP contribution in [0.25, 0.3) is 0 Å². The topological polar surface area (TPSA) is 52.4 Å². The van der Waals surface area contributed by atoms with E-state index in [1.807, 2.05) is 18.2 Å². The Hall–Kier alpha value is -2.58. The first-order valence-corrected chi connectivity index (χ1v) is 10.6. The Bertz CT molecular complexity index is 916. The Morgan fingerprint density at radius 3 is 2.55 bits per heavy atom. The Morgan fingerprint density at radius 2 is 1.76 bits per heavy atom. The van der Waals surface area contributed by atoms with E-state index in [2.05, 4.69) is 31.8 Å². The second-order valence-electron chi connectivity index (χ2n) is 6.58. The molecule has 3 aromatic rings. The smallest absolute Gasteiger partial charge is 0.228 e. The van der Waals surface area contributed by atoms with E-state index in [1.54, 1.807) is 30.0 Å². The highest BCUT2D eigenvalue weighted by Gasteiger charge is 2.20. The molecular weight excluding hydrogens is 391 g/mol. The van der Waals surface area contributed by atoms with Crippen LogP contribution in [0.4, 0.5) is 10.3 Å². The van der Waals surface area contributed by atoms with Gasteiger partial charge in [-0.2, -0.15) is 0 Å². The predicted molar refractivity (Wildman–Crippen MR) is 111 cm³/mol. The van der Waals surface area contributed by atoms with Gasteiger partial charge in [0, 0.05) is 18.8 Å². The normalized spacial score (nSPS) is 14.2. The summed E-state index contributed by atoms with van der Waals surface area (Å²) in [5.74, 6) is 1.42. The SMILES string of the molecule is Fc1ccccc1OCCSc1nnc(N2CCOCC2)n1Cc1ccccc1. The van der Waals surface area contributed by atoms with E-state index in [1.165, 1.54) is 11.6 Å². The van der Waals surface area contributed by atoms with Crippen molar-refractivity contribution in [1.82, 2.24) is 14.8 Å². The van der Waals surface area contributed by atoms with Crippen molar-refractivity contribution < 1.29 is 13.9 Å². The summed E-state index contributed by atoms with van der Waals surface area (Å²) in [7, 11) is 0. The van der Waals surface area contributed by atoms with E-state index in [-0.39, 0.29) is 11.6 Å². The summed E-state index contributed by atoms with van der Waals surface area (Å²) in [5, 5.41) is 9.69. The van der Waals surface area contributed by atoms with E-state index in [0.29, 0.717) is 32.1 Å². The van der Waals surface area contributed by atoms with Gasteiger partial charge < -0.3 is 14.4 Å². The van der Waals surface area contributed by atoms with Crippen molar-refractivity contribution in [3.63, 3.8) is 0 Å². The van der Waals surface area contributed by atoms with Crippen molar-refractivity contribution in [3.8, 4) is 5.75 Å². The number of morpholine rings is 1. The Kier molecular flexibility index (Phi) is 6.63. The molecule has 0 N–H and O–H groups in total. The maximum absolute atomic E-state index is 13.7. The monoisotopic (exact) mass is 414 g/mol. The molecule has 1 saturated heterocycles. The molecule has 0 unspecified atom stereocenters. The molecule has 0 atom stereocenters. The number of aromatic nitrogens is 3. The fourth-order valence-corrected chi connectivity index (χ4v) is 3.89. The predicted octanol–water partition coefficient (Wildman–Crippen LogP) is 3.47. The molecule has 1 aliphatic rings. The maximum atomic E-state index is 13.7. The summed E-state index contributed by atoms with van der Waals surface area (Å²) < 4.78 is 26.8. The van der Waals surface area contributed by atoms with Gasteiger partial charge >= 0.3 is 0 Å². The minimum atomic E-state index is -0.348.